The average Bonchev–Trinajstić information content (AvgIpc) is 2.86. The summed E-state index contributed by atoms with van der Waals surface area (Å²) in [6.07, 6.45) is 0. The summed E-state index contributed by atoms with van der Waals surface area (Å²) in [6.45, 7) is 2.51. The van der Waals surface area contributed by atoms with Crippen molar-refractivity contribution in [3.05, 3.63) is 75.8 Å². The summed E-state index contributed by atoms with van der Waals surface area (Å²) < 4.78 is 0. The predicted octanol–water partition coefficient (Wildman–Crippen LogP) is 1.03. The summed E-state index contributed by atoms with van der Waals surface area (Å²) in [5, 5.41) is 13.5. The van der Waals surface area contributed by atoms with Gasteiger partial charge in [0.1, 0.15) is 12.1 Å². The summed E-state index contributed by atoms with van der Waals surface area (Å²) in [7, 11) is 1.91. The van der Waals surface area contributed by atoms with E-state index in [0.29, 0.717) is 12.1 Å². The quantitative estimate of drug-likeness (QED) is 0.452. The Kier molecular flexibility index (Phi) is 4.91. The first-order valence-electron chi connectivity index (χ1n) is 8.55. The highest BCUT2D eigenvalue weighted by atomic mass is 16.6. The van der Waals surface area contributed by atoms with E-state index in [4.69, 9.17) is 0 Å². The highest BCUT2D eigenvalue weighted by Gasteiger charge is 2.50. The number of carbonyl (C=O) groups excluding carboxylic acids is 2. The normalized spacial score (nSPS) is 20.4. The van der Waals surface area contributed by atoms with Crippen molar-refractivity contribution in [3.63, 3.8) is 0 Å². The molecule has 1 unspecified atom stereocenters. The van der Waals surface area contributed by atoms with Crippen LogP contribution in [0.15, 0.2) is 54.6 Å². The molecule has 3 amide bonds. The lowest BCUT2D eigenvalue weighted by Crippen LogP contribution is -3.09. The van der Waals surface area contributed by atoms with Crippen LogP contribution in [0.5, 0.6) is 0 Å². The van der Waals surface area contributed by atoms with Crippen molar-refractivity contribution < 1.29 is 19.4 Å². The summed E-state index contributed by atoms with van der Waals surface area (Å²) in [5.41, 5.74) is 0.317. The third-order valence-corrected chi connectivity index (χ3v) is 4.71. The molecule has 2 N–H and O–H groups in total. The van der Waals surface area contributed by atoms with Crippen LogP contribution in [0.4, 0.5) is 10.5 Å². The maximum absolute atomic E-state index is 12.9. The number of amides is 3. The highest BCUT2D eigenvalue weighted by molar-refractivity contribution is 6.07. The minimum Gasteiger partial charge on any atom is -0.319 e. The van der Waals surface area contributed by atoms with Crippen LogP contribution in [-0.2, 0) is 16.9 Å². The Hall–Kier alpha value is -3.26. The number of imide groups is 1. The zero-order valence-corrected chi connectivity index (χ0v) is 15.1. The van der Waals surface area contributed by atoms with Crippen molar-refractivity contribution >= 4 is 17.6 Å². The molecule has 1 saturated heterocycles. The molecule has 2 aromatic carbocycles. The maximum Gasteiger partial charge on any atom is 0.329 e. The molecule has 2 aromatic rings. The van der Waals surface area contributed by atoms with E-state index in [1.807, 2.05) is 37.4 Å². The number of hydrogen-bond donors (Lipinski definition) is 2. The van der Waals surface area contributed by atoms with E-state index in [-0.39, 0.29) is 18.3 Å². The van der Waals surface area contributed by atoms with E-state index >= 15 is 0 Å². The SMILES string of the molecule is C[NH+](Cc1ccccc1)CN1C(=O)N[C@@](C)(c2ccc([N+](=O)[O-])cc2)C1=O. The van der Waals surface area contributed by atoms with Crippen LogP contribution in [0.2, 0.25) is 0 Å². The molecule has 0 radical (unpaired) electrons. The van der Waals surface area contributed by atoms with Crippen molar-refractivity contribution in [1.82, 2.24) is 10.2 Å². The summed E-state index contributed by atoms with van der Waals surface area (Å²) in [6, 6.07) is 15.0. The van der Waals surface area contributed by atoms with E-state index in [2.05, 4.69) is 5.32 Å². The summed E-state index contributed by atoms with van der Waals surface area (Å²) >= 11 is 0. The molecule has 8 heteroatoms. The first-order valence-corrected chi connectivity index (χ1v) is 8.55. The first kappa shape index (κ1) is 18.5. The Morgan fingerprint density at radius 2 is 1.74 bits per heavy atom. The molecular weight excluding hydrogens is 348 g/mol. The van der Waals surface area contributed by atoms with Crippen molar-refractivity contribution in [1.29, 1.82) is 0 Å². The van der Waals surface area contributed by atoms with Crippen molar-refractivity contribution in [2.75, 3.05) is 13.7 Å². The number of hydrogen-bond acceptors (Lipinski definition) is 4. The average molecular weight is 369 g/mol. The van der Waals surface area contributed by atoms with Crippen molar-refractivity contribution in [3.8, 4) is 0 Å². The number of nitrogens with zero attached hydrogens (tertiary/aromatic N) is 2. The molecule has 0 aromatic heterocycles. The van der Waals surface area contributed by atoms with Gasteiger partial charge in [-0.1, -0.05) is 30.3 Å². The fraction of sp³-hybridized carbons (Fsp3) is 0.263. The molecule has 3 rings (SSSR count). The number of carbonyl (C=O) groups is 2. The van der Waals surface area contributed by atoms with E-state index < -0.39 is 16.5 Å². The Bertz CT molecular complexity index is 869. The van der Waals surface area contributed by atoms with Gasteiger partial charge in [0.25, 0.3) is 11.6 Å². The molecule has 1 heterocycles. The lowest BCUT2D eigenvalue weighted by atomic mass is 9.92. The summed E-state index contributed by atoms with van der Waals surface area (Å²) in [5.74, 6) is -0.367. The lowest BCUT2D eigenvalue weighted by molar-refractivity contribution is -0.901. The number of rotatable bonds is 6. The zero-order valence-electron chi connectivity index (χ0n) is 15.1. The Balaban J connectivity index is 1.74. The van der Waals surface area contributed by atoms with Crippen LogP contribution in [0, 0.1) is 10.1 Å². The van der Waals surface area contributed by atoms with Gasteiger partial charge in [-0.25, -0.2) is 9.69 Å². The van der Waals surface area contributed by atoms with Crippen LogP contribution in [0.1, 0.15) is 18.1 Å². The number of benzene rings is 2. The third-order valence-electron chi connectivity index (χ3n) is 4.71. The molecule has 0 aliphatic carbocycles. The van der Waals surface area contributed by atoms with Crippen molar-refractivity contribution in [2.45, 2.75) is 19.0 Å². The minimum absolute atomic E-state index is 0.0667. The second kappa shape index (κ2) is 7.16. The standard InChI is InChI=1S/C19H20N4O4/c1-19(15-8-10-16(11-9-15)23(26)27)17(24)22(18(25)20-19)13-21(2)12-14-6-4-3-5-7-14/h3-11H,12-13H2,1-2H3,(H,20,25)/p+1/t19-/m0/s1. The van der Waals surface area contributed by atoms with Gasteiger partial charge >= 0.3 is 6.03 Å². The number of quaternary nitrogens is 1. The fourth-order valence-corrected chi connectivity index (χ4v) is 3.22. The van der Waals surface area contributed by atoms with Crippen LogP contribution in [-0.4, -0.2) is 35.5 Å². The first-order chi connectivity index (χ1) is 12.8. The zero-order chi connectivity index (χ0) is 19.6. The van der Waals surface area contributed by atoms with E-state index in [0.717, 1.165) is 10.5 Å². The second-order valence-electron chi connectivity index (χ2n) is 6.87. The molecule has 0 bridgehead atoms. The molecule has 0 saturated carbocycles. The Morgan fingerprint density at radius 1 is 1.11 bits per heavy atom. The highest BCUT2D eigenvalue weighted by Crippen LogP contribution is 2.29. The second-order valence-corrected chi connectivity index (χ2v) is 6.87. The van der Waals surface area contributed by atoms with Gasteiger partial charge in [0.15, 0.2) is 6.67 Å². The van der Waals surface area contributed by atoms with Gasteiger partial charge in [-0.2, -0.15) is 0 Å². The van der Waals surface area contributed by atoms with E-state index in [9.17, 15) is 19.7 Å². The number of nitrogens with one attached hydrogen (secondary N) is 2. The van der Waals surface area contributed by atoms with Crippen LogP contribution >= 0.6 is 0 Å². The van der Waals surface area contributed by atoms with Gasteiger partial charge in [-0.05, 0) is 24.6 Å². The largest absolute Gasteiger partial charge is 0.329 e. The molecule has 27 heavy (non-hydrogen) atoms. The molecule has 0 spiro atoms. The number of nitro benzene ring substituents is 1. The predicted molar refractivity (Wildman–Crippen MR) is 97.7 cm³/mol. The number of urea groups is 1. The number of non-ortho nitro benzene ring substituents is 1. The van der Waals surface area contributed by atoms with Gasteiger partial charge in [0.05, 0.1) is 12.0 Å². The molecule has 1 fully saturated rings. The third kappa shape index (κ3) is 3.65. The maximum atomic E-state index is 12.9. The van der Waals surface area contributed by atoms with E-state index in [1.165, 1.54) is 29.2 Å². The molecular formula is C19H21N4O4+. The Morgan fingerprint density at radius 3 is 2.33 bits per heavy atom. The smallest absolute Gasteiger partial charge is 0.319 e. The lowest BCUT2D eigenvalue weighted by Gasteiger charge is -2.23. The van der Waals surface area contributed by atoms with Crippen LogP contribution < -0.4 is 10.2 Å². The molecule has 140 valence electrons. The van der Waals surface area contributed by atoms with Gasteiger partial charge in [0.2, 0.25) is 0 Å². The van der Waals surface area contributed by atoms with Crippen LogP contribution in [0.3, 0.4) is 0 Å². The number of nitro groups is 1. The van der Waals surface area contributed by atoms with Crippen molar-refractivity contribution in [2.24, 2.45) is 0 Å². The fourth-order valence-electron chi connectivity index (χ4n) is 3.22. The van der Waals surface area contributed by atoms with Gasteiger partial charge in [-0.15, -0.1) is 0 Å². The molecule has 2 atom stereocenters. The van der Waals surface area contributed by atoms with E-state index in [1.54, 1.807) is 6.92 Å². The topological polar surface area (TPSA) is 97.0 Å². The minimum atomic E-state index is -1.24. The molecule has 1 aliphatic heterocycles. The van der Waals surface area contributed by atoms with Gasteiger partial charge < -0.3 is 10.2 Å². The van der Waals surface area contributed by atoms with Gasteiger partial charge in [0, 0.05) is 17.7 Å². The molecule has 8 nitrogen and oxygen atoms in total. The summed E-state index contributed by atoms with van der Waals surface area (Å²) in [4.78, 5) is 37.8. The monoisotopic (exact) mass is 369 g/mol. The van der Waals surface area contributed by atoms with Crippen LogP contribution in [0.25, 0.3) is 0 Å². The van der Waals surface area contributed by atoms with Gasteiger partial charge in [-0.3, -0.25) is 14.9 Å². The Labute approximate surface area is 156 Å². The molecule has 1 aliphatic rings.